The van der Waals surface area contributed by atoms with Gasteiger partial charge < -0.3 is 0 Å². The summed E-state index contributed by atoms with van der Waals surface area (Å²) < 4.78 is 2.39. The predicted octanol–water partition coefficient (Wildman–Crippen LogP) is 3.53. The van der Waals surface area contributed by atoms with Gasteiger partial charge in [-0.25, -0.2) is 4.98 Å². The van der Waals surface area contributed by atoms with Gasteiger partial charge in [0.1, 0.15) is 0 Å². The van der Waals surface area contributed by atoms with Crippen LogP contribution in [-0.4, -0.2) is 9.38 Å². The molecule has 0 atom stereocenters. The zero-order valence-electron chi connectivity index (χ0n) is 10.4. The van der Waals surface area contributed by atoms with Crippen molar-refractivity contribution < 1.29 is 0 Å². The Balaban J connectivity index is 2.26. The minimum Gasteiger partial charge on any atom is -0.291 e. The van der Waals surface area contributed by atoms with Gasteiger partial charge in [0.25, 0.3) is 0 Å². The molecule has 2 aromatic rings. The highest BCUT2D eigenvalue weighted by Crippen LogP contribution is 2.37. The lowest BCUT2D eigenvalue weighted by atomic mass is 9.78. The highest BCUT2D eigenvalue weighted by atomic mass is 32.1. The quantitative estimate of drug-likeness (QED) is 0.681. The van der Waals surface area contributed by atoms with E-state index in [1.54, 1.807) is 0 Å². The molecule has 0 saturated carbocycles. The molecule has 0 aliphatic heterocycles. The molecule has 0 amide bonds. The van der Waals surface area contributed by atoms with E-state index in [0.29, 0.717) is 5.41 Å². The fraction of sp³-hybridized carbons (Fsp3) is 0.615. The first-order valence-electron chi connectivity index (χ1n) is 5.94. The Kier molecular flexibility index (Phi) is 2.00. The molecule has 86 valence electrons. The molecule has 0 saturated heterocycles. The molecule has 0 spiro atoms. The Morgan fingerprint density at radius 3 is 2.81 bits per heavy atom. The summed E-state index contributed by atoms with van der Waals surface area (Å²) in [5, 5.41) is 0. The van der Waals surface area contributed by atoms with E-state index in [9.17, 15) is 0 Å². The van der Waals surface area contributed by atoms with Crippen molar-refractivity contribution in [2.45, 2.75) is 47.0 Å². The third-order valence-corrected chi connectivity index (χ3v) is 4.86. The van der Waals surface area contributed by atoms with E-state index >= 15 is 0 Å². The fourth-order valence-corrected chi connectivity index (χ4v) is 3.64. The van der Waals surface area contributed by atoms with Crippen molar-refractivity contribution in [2.75, 3.05) is 0 Å². The maximum atomic E-state index is 4.78. The van der Waals surface area contributed by atoms with Gasteiger partial charge in [0.15, 0.2) is 4.96 Å². The zero-order chi connectivity index (χ0) is 11.5. The molecule has 0 unspecified atom stereocenters. The molecule has 2 aromatic heterocycles. The molecule has 2 nitrogen and oxygen atoms in total. The summed E-state index contributed by atoms with van der Waals surface area (Å²) in [5.74, 6) is 0. The molecule has 0 radical (unpaired) electrons. The van der Waals surface area contributed by atoms with Crippen molar-refractivity contribution in [3.8, 4) is 0 Å². The molecule has 2 heterocycles. The number of hydrogen-bond acceptors (Lipinski definition) is 2. The smallest absolute Gasteiger partial charge is 0.194 e. The normalized spacial score (nSPS) is 19.0. The average molecular weight is 234 g/mol. The van der Waals surface area contributed by atoms with Crippen LogP contribution in [0, 0.1) is 19.3 Å². The van der Waals surface area contributed by atoms with Gasteiger partial charge in [0, 0.05) is 16.3 Å². The lowest BCUT2D eigenvalue weighted by Gasteiger charge is -2.29. The number of imidazole rings is 1. The molecular formula is C13H18N2S. The van der Waals surface area contributed by atoms with Crippen LogP contribution in [0.4, 0.5) is 0 Å². The van der Waals surface area contributed by atoms with Crippen LogP contribution in [0.5, 0.6) is 0 Å². The van der Waals surface area contributed by atoms with E-state index < -0.39 is 0 Å². The minimum absolute atomic E-state index is 0.436. The number of thiazole rings is 1. The van der Waals surface area contributed by atoms with Crippen LogP contribution in [0.3, 0.4) is 0 Å². The summed E-state index contributed by atoms with van der Waals surface area (Å²) in [6, 6.07) is 0. The molecule has 0 fully saturated rings. The van der Waals surface area contributed by atoms with Gasteiger partial charge in [-0.2, -0.15) is 0 Å². The SMILES string of the molecule is Cc1sc2nc3c(n2c1C)CC(C)(C)CC3. The van der Waals surface area contributed by atoms with Crippen molar-refractivity contribution in [2.24, 2.45) is 5.41 Å². The molecule has 1 aliphatic rings. The second kappa shape index (κ2) is 3.10. The number of nitrogens with zero attached hydrogens (tertiary/aromatic N) is 2. The summed E-state index contributed by atoms with van der Waals surface area (Å²) in [4.78, 5) is 7.37. The van der Waals surface area contributed by atoms with E-state index in [0.717, 1.165) is 6.42 Å². The molecule has 0 aromatic carbocycles. The third-order valence-electron chi connectivity index (χ3n) is 3.80. The number of aromatic nitrogens is 2. The maximum absolute atomic E-state index is 4.78. The molecule has 16 heavy (non-hydrogen) atoms. The Bertz CT molecular complexity index is 560. The number of hydrogen-bond donors (Lipinski definition) is 0. The number of fused-ring (bicyclic) bond motifs is 3. The predicted molar refractivity (Wildman–Crippen MR) is 68.3 cm³/mol. The Hall–Kier alpha value is -0.830. The lowest BCUT2D eigenvalue weighted by Crippen LogP contribution is -2.23. The monoisotopic (exact) mass is 234 g/mol. The zero-order valence-corrected chi connectivity index (χ0v) is 11.2. The van der Waals surface area contributed by atoms with Crippen LogP contribution in [0.1, 0.15) is 42.2 Å². The van der Waals surface area contributed by atoms with Gasteiger partial charge in [0.2, 0.25) is 0 Å². The van der Waals surface area contributed by atoms with Crippen molar-refractivity contribution >= 4 is 16.3 Å². The lowest BCUT2D eigenvalue weighted by molar-refractivity contribution is 0.308. The van der Waals surface area contributed by atoms with Crippen molar-refractivity contribution in [3.63, 3.8) is 0 Å². The summed E-state index contributed by atoms with van der Waals surface area (Å²) in [6.07, 6.45) is 3.58. The van der Waals surface area contributed by atoms with Gasteiger partial charge in [0.05, 0.1) is 5.69 Å². The second-order valence-electron chi connectivity index (χ2n) is 5.71. The summed E-state index contributed by atoms with van der Waals surface area (Å²) in [6.45, 7) is 9.13. The molecule has 3 heteroatoms. The summed E-state index contributed by atoms with van der Waals surface area (Å²) in [7, 11) is 0. The van der Waals surface area contributed by atoms with Gasteiger partial charge in [-0.3, -0.25) is 4.40 Å². The van der Waals surface area contributed by atoms with Crippen LogP contribution >= 0.6 is 11.3 Å². The largest absolute Gasteiger partial charge is 0.291 e. The number of aryl methyl sites for hydroxylation is 3. The molecule has 3 rings (SSSR count). The minimum atomic E-state index is 0.436. The standard InChI is InChI=1S/C13H18N2S/c1-8-9(2)16-12-14-10-5-6-13(3,4)7-11(10)15(8)12/h5-7H2,1-4H3. The fourth-order valence-electron chi connectivity index (χ4n) is 2.64. The molecular weight excluding hydrogens is 216 g/mol. The van der Waals surface area contributed by atoms with Crippen LogP contribution in [0.2, 0.25) is 0 Å². The summed E-state index contributed by atoms with van der Waals surface area (Å²) >= 11 is 1.82. The highest BCUT2D eigenvalue weighted by Gasteiger charge is 2.29. The first-order chi connectivity index (χ1) is 7.48. The average Bonchev–Trinajstić information content (AvgIpc) is 2.64. The Labute approximate surface area is 100 Å². The van der Waals surface area contributed by atoms with E-state index in [2.05, 4.69) is 32.1 Å². The molecule has 0 N–H and O–H groups in total. The highest BCUT2D eigenvalue weighted by molar-refractivity contribution is 7.17. The van der Waals surface area contributed by atoms with Gasteiger partial charge in [-0.05, 0) is 38.5 Å². The van der Waals surface area contributed by atoms with Crippen LogP contribution < -0.4 is 0 Å². The second-order valence-corrected chi connectivity index (χ2v) is 6.89. The first kappa shape index (κ1) is 10.3. The van der Waals surface area contributed by atoms with Crippen molar-refractivity contribution in [1.29, 1.82) is 0 Å². The molecule has 1 aliphatic carbocycles. The number of rotatable bonds is 0. The summed E-state index contributed by atoms with van der Waals surface area (Å²) in [5.41, 5.74) is 4.62. The Morgan fingerprint density at radius 2 is 2.06 bits per heavy atom. The van der Waals surface area contributed by atoms with Crippen molar-refractivity contribution in [1.82, 2.24) is 9.38 Å². The van der Waals surface area contributed by atoms with Gasteiger partial charge >= 0.3 is 0 Å². The first-order valence-corrected chi connectivity index (χ1v) is 6.76. The van der Waals surface area contributed by atoms with Crippen LogP contribution in [-0.2, 0) is 12.8 Å². The van der Waals surface area contributed by atoms with E-state index in [1.165, 1.54) is 39.8 Å². The topological polar surface area (TPSA) is 17.3 Å². The van der Waals surface area contributed by atoms with Gasteiger partial charge in [-0.15, -0.1) is 11.3 Å². The molecule has 0 bridgehead atoms. The van der Waals surface area contributed by atoms with Crippen molar-refractivity contribution in [3.05, 3.63) is 22.0 Å². The third kappa shape index (κ3) is 1.34. The van der Waals surface area contributed by atoms with Gasteiger partial charge in [-0.1, -0.05) is 13.8 Å². The Morgan fingerprint density at radius 1 is 1.31 bits per heavy atom. The van der Waals surface area contributed by atoms with E-state index in [4.69, 9.17) is 4.98 Å². The van der Waals surface area contributed by atoms with E-state index in [1.807, 2.05) is 11.3 Å². The van der Waals surface area contributed by atoms with E-state index in [-0.39, 0.29) is 0 Å². The maximum Gasteiger partial charge on any atom is 0.194 e. The van der Waals surface area contributed by atoms with Crippen LogP contribution in [0.25, 0.3) is 4.96 Å². The van der Waals surface area contributed by atoms with Crippen LogP contribution in [0.15, 0.2) is 0 Å².